The number of nitrogens with two attached hydrogens (primary N) is 2. The monoisotopic (exact) mass is 311 g/mol. The molecule has 0 saturated carbocycles. The molecule has 116 valence electrons. The summed E-state index contributed by atoms with van der Waals surface area (Å²) in [6, 6.07) is 3.03. The lowest BCUT2D eigenvalue weighted by atomic mass is 10.1. The van der Waals surface area contributed by atoms with Crippen molar-refractivity contribution in [1.82, 2.24) is 4.90 Å². The maximum absolute atomic E-state index is 12.4. The van der Waals surface area contributed by atoms with Crippen LogP contribution >= 0.6 is 11.3 Å². The normalized spacial score (nSPS) is 19.4. The molecule has 2 atom stereocenters. The molecule has 7 heteroatoms. The van der Waals surface area contributed by atoms with Gasteiger partial charge in [0.05, 0.1) is 25.1 Å². The van der Waals surface area contributed by atoms with Crippen LogP contribution in [-0.4, -0.2) is 42.0 Å². The molecule has 1 aromatic rings. The Morgan fingerprint density at radius 3 is 2.90 bits per heavy atom. The van der Waals surface area contributed by atoms with Crippen molar-refractivity contribution in [2.24, 2.45) is 11.5 Å². The van der Waals surface area contributed by atoms with Crippen LogP contribution in [0, 0.1) is 0 Å². The molecule has 0 radical (unpaired) electrons. The fourth-order valence-electron chi connectivity index (χ4n) is 2.40. The van der Waals surface area contributed by atoms with Gasteiger partial charge in [0.15, 0.2) is 0 Å². The molecule has 1 aliphatic rings. The number of hydrogen-bond acceptors (Lipinski definition) is 5. The summed E-state index contributed by atoms with van der Waals surface area (Å²) in [5.41, 5.74) is 10.9. The summed E-state index contributed by atoms with van der Waals surface area (Å²) in [6.45, 7) is 1.73. The molecule has 0 aliphatic carbocycles. The summed E-state index contributed by atoms with van der Waals surface area (Å²) in [5, 5.41) is 1.97. The summed E-state index contributed by atoms with van der Waals surface area (Å²) >= 11 is 1.59. The lowest BCUT2D eigenvalue weighted by Crippen LogP contribution is -2.47. The van der Waals surface area contributed by atoms with E-state index in [1.54, 1.807) is 16.2 Å². The first kappa shape index (κ1) is 15.9. The fourth-order valence-corrected chi connectivity index (χ4v) is 3.12. The molecule has 6 nitrogen and oxygen atoms in total. The van der Waals surface area contributed by atoms with Gasteiger partial charge in [0.1, 0.15) is 0 Å². The average molecular weight is 311 g/mol. The zero-order valence-electron chi connectivity index (χ0n) is 11.9. The second-order valence-electron chi connectivity index (χ2n) is 5.21. The lowest BCUT2D eigenvalue weighted by molar-refractivity contribution is -0.136. The molecule has 0 aromatic carbocycles. The molecule has 0 bridgehead atoms. The minimum atomic E-state index is -0.885. The lowest BCUT2D eigenvalue weighted by Gasteiger charge is -2.27. The predicted octanol–water partition coefficient (Wildman–Crippen LogP) is 0.458. The maximum Gasteiger partial charge on any atom is 0.240 e. The van der Waals surface area contributed by atoms with E-state index in [0.717, 1.165) is 24.3 Å². The molecule has 2 rings (SSSR count). The Labute approximate surface area is 128 Å². The largest absolute Gasteiger partial charge is 0.376 e. The fraction of sp³-hybridized carbons (Fsp3) is 0.571. The summed E-state index contributed by atoms with van der Waals surface area (Å²) in [4.78, 5) is 26.1. The molecule has 21 heavy (non-hydrogen) atoms. The van der Waals surface area contributed by atoms with E-state index in [-0.39, 0.29) is 18.4 Å². The van der Waals surface area contributed by atoms with Crippen molar-refractivity contribution in [1.29, 1.82) is 0 Å². The number of thiophene rings is 1. The molecular formula is C14H21N3O3S. The van der Waals surface area contributed by atoms with Crippen molar-refractivity contribution in [3.8, 4) is 0 Å². The summed E-state index contributed by atoms with van der Waals surface area (Å²) < 4.78 is 5.59. The standard InChI is InChI=1S/C14H21N3O3S/c15-12(7-13(16)18)14(19)17(8-10-3-1-5-20-10)9-11-4-2-6-21-11/h2,4,6,10,12H,1,3,5,7-9,15H2,(H2,16,18). The highest BCUT2D eigenvalue weighted by Gasteiger charge is 2.27. The molecule has 1 aliphatic heterocycles. The van der Waals surface area contributed by atoms with Crippen LogP contribution in [0.4, 0.5) is 0 Å². The van der Waals surface area contributed by atoms with E-state index in [4.69, 9.17) is 16.2 Å². The zero-order chi connectivity index (χ0) is 15.2. The number of rotatable bonds is 7. The van der Waals surface area contributed by atoms with Gasteiger partial charge in [-0.15, -0.1) is 11.3 Å². The quantitative estimate of drug-likeness (QED) is 0.764. The molecule has 2 heterocycles. The Balaban J connectivity index is 2.02. The molecule has 1 saturated heterocycles. The van der Waals surface area contributed by atoms with Crippen LogP contribution in [0.2, 0.25) is 0 Å². The Bertz CT molecular complexity index is 472. The minimum absolute atomic E-state index is 0.0506. The highest BCUT2D eigenvalue weighted by molar-refractivity contribution is 7.09. The Hall–Kier alpha value is -1.44. The molecule has 2 amide bonds. The van der Waals surface area contributed by atoms with Gasteiger partial charge in [-0.3, -0.25) is 9.59 Å². The van der Waals surface area contributed by atoms with Crippen LogP contribution in [0.5, 0.6) is 0 Å². The summed E-state index contributed by atoms with van der Waals surface area (Å²) in [5.74, 6) is -0.818. The van der Waals surface area contributed by atoms with E-state index in [1.807, 2.05) is 17.5 Å². The molecule has 1 aromatic heterocycles. The first-order valence-electron chi connectivity index (χ1n) is 7.03. The van der Waals surface area contributed by atoms with Gasteiger partial charge in [-0.1, -0.05) is 6.07 Å². The van der Waals surface area contributed by atoms with Gasteiger partial charge >= 0.3 is 0 Å². The molecular weight excluding hydrogens is 290 g/mol. The first-order valence-corrected chi connectivity index (χ1v) is 7.91. The van der Waals surface area contributed by atoms with Crippen molar-refractivity contribution in [3.05, 3.63) is 22.4 Å². The number of nitrogens with zero attached hydrogens (tertiary/aromatic N) is 1. The third-order valence-corrected chi connectivity index (χ3v) is 4.29. The van der Waals surface area contributed by atoms with Gasteiger partial charge < -0.3 is 21.1 Å². The van der Waals surface area contributed by atoms with Crippen LogP contribution in [0.1, 0.15) is 24.1 Å². The number of carbonyl (C=O) groups is 2. The van der Waals surface area contributed by atoms with E-state index in [0.29, 0.717) is 13.1 Å². The maximum atomic E-state index is 12.4. The van der Waals surface area contributed by atoms with Gasteiger partial charge in [-0.05, 0) is 24.3 Å². The average Bonchev–Trinajstić information content (AvgIpc) is 3.09. The third kappa shape index (κ3) is 4.80. The Morgan fingerprint density at radius 1 is 1.52 bits per heavy atom. The van der Waals surface area contributed by atoms with Crippen LogP contribution < -0.4 is 11.5 Å². The van der Waals surface area contributed by atoms with Crippen LogP contribution in [0.25, 0.3) is 0 Å². The zero-order valence-corrected chi connectivity index (χ0v) is 12.7. The number of ether oxygens (including phenoxy) is 1. The minimum Gasteiger partial charge on any atom is -0.376 e. The van der Waals surface area contributed by atoms with Crippen LogP contribution in [-0.2, 0) is 20.9 Å². The number of amides is 2. The van der Waals surface area contributed by atoms with Gasteiger partial charge in [0.2, 0.25) is 11.8 Å². The van der Waals surface area contributed by atoms with Gasteiger partial charge in [0, 0.05) is 18.0 Å². The number of primary amides is 1. The van der Waals surface area contributed by atoms with Crippen molar-refractivity contribution in [3.63, 3.8) is 0 Å². The third-order valence-electron chi connectivity index (χ3n) is 3.42. The van der Waals surface area contributed by atoms with Gasteiger partial charge in [-0.2, -0.15) is 0 Å². The van der Waals surface area contributed by atoms with Crippen molar-refractivity contribution in [2.45, 2.75) is 38.0 Å². The van der Waals surface area contributed by atoms with E-state index >= 15 is 0 Å². The van der Waals surface area contributed by atoms with Gasteiger partial charge in [-0.25, -0.2) is 0 Å². The number of carbonyl (C=O) groups excluding carboxylic acids is 2. The number of hydrogen-bond donors (Lipinski definition) is 2. The highest BCUT2D eigenvalue weighted by Crippen LogP contribution is 2.18. The van der Waals surface area contributed by atoms with E-state index in [2.05, 4.69) is 0 Å². The second-order valence-corrected chi connectivity index (χ2v) is 6.24. The summed E-state index contributed by atoms with van der Waals surface area (Å²) in [6.07, 6.45) is 1.87. The van der Waals surface area contributed by atoms with Crippen molar-refractivity contribution < 1.29 is 14.3 Å². The highest BCUT2D eigenvalue weighted by atomic mass is 32.1. The Morgan fingerprint density at radius 2 is 2.33 bits per heavy atom. The first-order chi connectivity index (χ1) is 10.1. The SMILES string of the molecule is NC(=O)CC(N)C(=O)N(Cc1cccs1)CC1CCCO1. The topological polar surface area (TPSA) is 98.7 Å². The second kappa shape index (κ2) is 7.53. The van der Waals surface area contributed by atoms with E-state index in [9.17, 15) is 9.59 Å². The predicted molar refractivity (Wildman–Crippen MR) is 80.5 cm³/mol. The van der Waals surface area contributed by atoms with E-state index < -0.39 is 11.9 Å². The Kier molecular flexibility index (Phi) is 5.72. The van der Waals surface area contributed by atoms with Crippen molar-refractivity contribution >= 4 is 23.2 Å². The molecule has 0 spiro atoms. The van der Waals surface area contributed by atoms with Gasteiger partial charge in [0.25, 0.3) is 0 Å². The van der Waals surface area contributed by atoms with Crippen molar-refractivity contribution in [2.75, 3.05) is 13.2 Å². The van der Waals surface area contributed by atoms with E-state index in [1.165, 1.54) is 0 Å². The van der Waals surface area contributed by atoms with Crippen LogP contribution in [0.15, 0.2) is 17.5 Å². The molecule has 4 N–H and O–H groups in total. The summed E-state index contributed by atoms with van der Waals surface area (Å²) in [7, 11) is 0. The smallest absolute Gasteiger partial charge is 0.240 e. The molecule has 1 fully saturated rings. The van der Waals surface area contributed by atoms with Crippen LogP contribution in [0.3, 0.4) is 0 Å². The molecule has 2 unspecified atom stereocenters.